The number of carboxylic acids is 1. The minimum absolute atomic E-state index is 0.110. The lowest BCUT2D eigenvalue weighted by atomic mass is 10.1. The number of halogens is 2. The molecular formula is C23H20F2N2O6S. The number of carbonyl (C=O) groups is 1. The minimum atomic E-state index is -4.50. The first-order valence-corrected chi connectivity index (χ1v) is 11.6. The van der Waals surface area contributed by atoms with Crippen molar-refractivity contribution in [3.8, 4) is 11.5 Å². The summed E-state index contributed by atoms with van der Waals surface area (Å²) in [6.45, 7) is 1.00. The Balaban J connectivity index is 1.65. The van der Waals surface area contributed by atoms with E-state index in [9.17, 15) is 27.1 Å². The predicted octanol–water partition coefficient (Wildman–Crippen LogP) is 3.87. The number of aromatic carboxylic acids is 1. The molecule has 1 heterocycles. The second kappa shape index (κ2) is 9.18. The van der Waals surface area contributed by atoms with Gasteiger partial charge in [-0.25, -0.2) is 22.0 Å². The maximum absolute atomic E-state index is 14.0. The summed E-state index contributed by atoms with van der Waals surface area (Å²) < 4.78 is 65.7. The summed E-state index contributed by atoms with van der Waals surface area (Å²) >= 11 is 0. The Morgan fingerprint density at radius 2 is 1.91 bits per heavy atom. The van der Waals surface area contributed by atoms with Crippen LogP contribution in [0, 0.1) is 11.6 Å². The second-order valence-corrected chi connectivity index (χ2v) is 9.11. The third kappa shape index (κ3) is 4.74. The van der Waals surface area contributed by atoms with E-state index in [-0.39, 0.29) is 17.9 Å². The first-order valence-electron chi connectivity index (χ1n) is 10.1. The van der Waals surface area contributed by atoms with Crippen LogP contribution in [0.5, 0.6) is 11.5 Å². The molecule has 3 aromatic rings. The number of fused-ring (bicyclic) bond motifs is 1. The van der Waals surface area contributed by atoms with E-state index in [1.807, 2.05) is 6.07 Å². The molecule has 0 bridgehead atoms. The summed E-state index contributed by atoms with van der Waals surface area (Å²) in [6.07, 6.45) is 0. The van der Waals surface area contributed by atoms with E-state index in [2.05, 4.69) is 4.72 Å². The lowest BCUT2D eigenvalue weighted by molar-refractivity contribution is 0.0697. The highest BCUT2D eigenvalue weighted by atomic mass is 32.2. The van der Waals surface area contributed by atoms with Crippen LogP contribution in [0.2, 0.25) is 0 Å². The van der Waals surface area contributed by atoms with Crippen molar-refractivity contribution in [1.29, 1.82) is 0 Å². The summed E-state index contributed by atoms with van der Waals surface area (Å²) in [5, 5.41) is 9.79. The van der Waals surface area contributed by atoms with E-state index >= 15 is 0 Å². The molecule has 3 aromatic carbocycles. The number of anilines is 2. The molecule has 2 N–H and O–H groups in total. The molecule has 0 spiro atoms. The molecule has 0 radical (unpaired) electrons. The lowest BCUT2D eigenvalue weighted by Crippen LogP contribution is -2.27. The van der Waals surface area contributed by atoms with Crippen LogP contribution in [0.25, 0.3) is 0 Å². The van der Waals surface area contributed by atoms with Crippen molar-refractivity contribution in [3.63, 3.8) is 0 Å². The van der Waals surface area contributed by atoms with Gasteiger partial charge in [-0.3, -0.25) is 4.72 Å². The van der Waals surface area contributed by atoms with Crippen LogP contribution >= 0.6 is 0 Å². The topological polar surface area (TPSA) is 105 Å². The van der Waals surface area contributed by atoms with Crippen molar-refractivity contribution in [2.45, 2.75) is 11.4 Å². The molecule has 0 saturated heterocycles. The van der Waals surface area contributed by atoms with Crippen molar-refractivity contribution in [2.24, 2.45) is 0 Å². The number of nitrogens with zero attached hydrogens (tertiary/aromatic N) is 1. The van der Waals surface area contributed by atoms with Crippen molar-refractivity contribution in [3.05, 3.63) is 77.4 Å². The molecule has 4 rings (SSSR count). The highest BCUT2D eigenvalue weighted by molar-refractivity contribution is 7.92. The quantitative estimate of drug-likeness (QED) is 0.540. The van der Waals surface area contributed by atoms with E-state index < -0.39 is 32.5 Å². The number of sulfonamides is 1. The number of methoxy groups -OCH3 is 1. The van der Waals surface area contributed by atoms with Crippen LogP contribution in [-0.4, -0.2) is 39.8 Å². The number of hydrogen-bond acceptors (Lipinski definition) is 6. The molecular weight excluding hydrogens is 470 g/mol. The number of rotatable bonds is 6. The van der Waals surface area contributed by atoms with Crippen molar-refractivity contribution >= 4 is 27.4 Å². The van der Waals surface area contributed by atoms with E-state index in [0.717, 1.165) is 17.7 Å². The molecule has 0 unspecified atom stereocenters. The zero-order valence-corrected chi connectivity index (χ0v) is 18.7. The molecule has 0 atom stereocenters. The van der Waals surface area contributed by atoms with Crippen LogP contribution in [0.15, 0.2) is 59.5 Å². The third-order valence-corrected chi connectivity index (χ3v) is 6.65. The van der Waals surface area contributed by atoms with Gasteiger partial charge in [0, 0.05) is 23.9 Å². The van der Waals surface area contributed by atoms with Crippen LogP contribution < -0.4 is 19.1 Å². The highest BCUT2D eigenvalue weighted by Crippen LogP contribution is 2.32. The summed E-state index contributed by atoms with van der Waals surface area (Å²) in [7, 11) is -2.96. The number of ether oxygens (including phenoxy) is 2. The van der Waals surface area contributed by atoms with Crippen molar-refractivity contribution < 1.29 is 36.6 Å². The monoisotopic (exact) mass is 490 g/mol. The number of benzene rings is 3. The molecule has 0 saturated carbocycles. The number of hydrogen-bond donors (Lipinski definition) is 2. The van der Waals surface area contributed by atoms with Gasteiger partial charge in [0.05, 0.1) is 24.9 Å². The summed E-state index contributed by atoms with van der Waals surface area (Å²) in [6, 6.07) is 11.3. The third-order valence-electron chi connectivity index (χ3n) is 5.26. The molecule has 178 valence electrons. The van der Waals surface area contributed by atoms with Gasteiger partial charge in [0.2, 0.25) is 0 Å². The van der Waals surface area contributed by atoms with Gasteiger partial charge in [0.15, 0.2) is 0 Å². The Labute approximate surface area is 194 Å². The first-order chi connectivity index (χ1) is 16.2. The van der Waals surface area contributed by atoms with Crippen LogP contribution in [0.4, 0.5) is 20.2 Å². The number of nitrogens with one attached hydrogen (secondary N) is 1. The van der Waals surface area contributed by atoms with Crippen molar-refractivity contribution in [1.82, 2.24) is 0 Å². The Kier molecular flexibility index (Phi) is 6.29. The van der Waals surface area contributed by atoms with E-state index in [4.69, 9.17) is 9.47 Å². The normalized spacial score (nSPS) is 13.4. The van der Waals surface area contributed by atoms with E-state index in [1.54, 1.807) is 24.1 Å². The van der Waals surface area contributed by atoms with E-state index in [1.165, 1.54) is 12.1 Å². The Hall–Kier alpha value is -3.86. The largest absolute Gasteiger partial charge is 0.497 e. The van der Waals surface area contributed by atoms with Crippen LogP contribution in [0.3, 0.4) is 0 Å². The lowest BCUT2D eigenvalue weighted by Gasteiger charge is -2.24. The predicted molar refractivity (Wildman–Crippen MR) is 120 cm³/mol. The van der Waals surface area contributed by atoms with Gasteiger partial charge in [-0.2, -0.15) is 0 Å². The SMILES string of the molecule is COc1ccc2c(c1)OCCN(c1ccc(NS(=O)(=O)c3cc(F)ccc3F)cc1C(=O)O)C2. The minimum Gasteiger partial charge on any atom is -0.497 e. The molecule has 8 nitrogen and oxygen atoms in total. The average Bonchev–Trinajstić information content (AvgIpc) is 3.02. The smallest absolute Gasteiger partial charge is 0.337 e. The van der Waals surface area contributed by atoms with Gasteiger partial charge in [-0.1, -0.05) is 0 Å². The molecule has 0 aromatic heterocycles. The molecule has 0 amide bonds. The fraction of sp³-hybridized carbons (Fsp3) is 0.174. The average molecular weight is 490 g/mol. The molecule has 0 fully saturated rings. The second-order valence-electron chi connectivity index (χ2n) is 7.46. The summed E-state index contributed by atoms with van der Waals surface area (Å²) in [5.74, 6) is -2.09. The molecule has 34 heavy (non-hydrogen) atoms. The zero-order valence-electron chi connectivity index (χ0n) is 17.9. The van der Waals surface area contributed by atoms with E-state index in [0.29, 0.717) is 42.4 Å². The van der Waals surface area contributed by atoms with Gasteiger partial charge < -0.3 is 19.5 Å². The Morgan fingerprint density at radius 3 is 2.65 bits per heavy atom. The van der Waals surface area contributed by atoms with Gasteiger partial charge in [0.25, 0.3) is 10.0 Å². The number of carboxylic acid groups (broad SMARTS) is 1. The molecule has 1 aliphatic rings. The molecule has 0 aliphatic carbocycles. The van der Waals surface area contributed by atoms with Crippen LogP contribution in [-0.2, 0) is 16.6 Å². The van der Waals surface area contributed by atoms with Crippen LogP contribution in [0.1, 0.15) is 15.9 Å². The highest BCUT2D eigenvalue weighted by Gasteiger charge is 2.24. The maximum atomic E-state index is 14.0. The standard InChI is InChI=1S/C23H20F2N2O6S/c1-32-17-5-2-14-13-27(8-9-33-21(14)12-17)20-7-4-16(11-18(20)23(28)29)26-34(30,31)22-10-15(24)3-6-19(22)25/h2-7,10-12,26H,8-9,13H2,1H3,(H,28,29). The fourth-order valence-corrected chi connectivity index (χ4v) is 4.76. The van der Waals surface area contributed by atoms with Gasteiger partial charge in [0.1, 0.15) is 34.6 Å². The first kappa shape index (κ1) is 23.3. The van der Waals surface area contributed by atoms with Crippen molar-refractivity contribution in [2.75, 3.05) is 29.9 Å². The van der Waals surface area contributed by atoms with Gasteiger partial charge in [-0.15, -0.1) is 0 Å². The molecule has 11 heteroatoms. The van der Waals surface area contributed by atoms with Gasteiger partial charge in [-0.05, 0) is 48.5 Å². The summed E-state index contributed by atoms with van der Waals surface area (Å²) in [5.41, 5.74) is 0.888. The molecule has 1 aliphatic heterocycles. The maximum Gasteiger partial charge on any atom is 0.337 e. The Bertz CT molecular complexity index is 1360. The zero-order chi connectivity index (χ0) is 24.5. The van der Waals surface area contributed by atoms with Gasteiger partial charge >= 0.3 is 5.97 Å². The Morgan fingerprint density at radius 1 is 1.12 bits per heavy atom. The summed E-state index contributed by atoms with van der Waals surface area (Å²) in [4.78, 5) is 12.9. The fourth-order valence-electron chi connectivity index (χ4n) is 3.62.